The predicted molar refractivity (Wildman–Crippen MR) is 85.4 cm³/mol. The molecule has 1 heterocycles. The molecule has 0 bridgehead atoms. The van der Waals surface area contributed by atoms with Crippen molar-refractivity contribution in [3.8, 4) is 6.07 Å². The first-order chi connectivity index (χ1) is 9.60. The van der Waals surface area contributed by atoms with Gasteiger partial charge >= 0.3 is 0 Å². The second kappa shape index (κ2) is 5.51. The Kier molecular flexibility index (Phi) is 4.37. The summed E-state index contributed by atoms with van der Waals surface area (Å²) < 4.78 is 16.0. The fraction of sp³-hybridized carbons (Fsp3) is 0.643. The maximum Gasteiger partial charge on any atom is 0.152 e. The van der Waals surface area contributed by atoms with E-state index in [1.807, 2.05) is 27.7 Å². The molecule has 2 rings (SSSR count). The van der Waals surface area contributed by atoms with Crippen LogP contribution in [-0.2, 0) is 16.9 Å². The molecule has 1 N–H and O–H groups in total. The van der Waals surface area contributed by atoms with Gasteiger partial charge in [-0.3, -0.25) is 0 Å². The molecule has 5 nitrogen and oxygen atoms in total. The van der Waals surface area contributed by atoms with Crippen molar-refractivity contribution in [3.05, 3.63) is 22.7 Å². The van der Waals surface area contributed by atoms with E-state index >= 15 is 0 Å². The molecule has 0 spiro atoms. The zero-order valence-electron chi connectivity index (χ0n) is 12.6. The van der Waals surface area contributed by atoms with Crippen molar-refractivity contribution in [2.75, 3.05) is 0 Å². The van der Waals surface area contributed by atoms with Crippen LogP contribution in [0.3, 0.4) is 0 Å². The zero-order chi connectivity index (χ0) is 15.9. The second-order valence-corrected chi connectivity index (χ2v) is 9.70. The lowest BCUT2D eigenvalue weighted by atomic mass is 9.59. The molecule has 0 aliphatic heterocycles. The van der Waals surface area contributed by atoms with Gasteiger partial charge < -0.3 is 4.55 Å². The van der Waals surface area contributed by atoms with Crippen LogP contribution in [0.4, 0.5) is 0 Å². The Balaban J connectivity index is 2.30. The van der Waals surface area contributed by atoms with Crippen molar-refractivity contribution < 1.29 is 4.55 Å². The van der Waals surface area contributed by atoms with Crippen LogP contribution in [0.1, 0.15) is 46.4 Å². The summed E-state index contributed by atoms with van der Waals surface area (Å²) >= 11 is 2.07. The van der Waals surface area contributed by atoms with Gasteiger partial charge in [0.15, 0.2) is 5.82 Å². The lowest BCUT2D eigenvalue weighted by Gasteiger charge is -2.50. The maximum absolute atomic E-state index is 12.5. The van der Waals surface area contributed by atoms with Gasteiger partial charge in [-0.2, -0.15) is 5.26 Å². The normalized spacial score (nSPS) is 30.3. The third kappa shape index (κ3) is 3.39. The minimum Gasteiger partial charge on any atom is -0.598 e. The third-order valence-electron chi connectivity index (χ3n) is 3.55. The molecule has 1 fully saturated rings. The maximum atomic E-state index is 12.5. The molecule has 0 aromatic carbocycles. The average Bonchev–Trinajstić information content (AvgIpc) is 2.36. The molecule has 1 aliphatic carbocycles. The number of nitrogens with one attached hydrogen (secondary N) is 1. The highest BCUT2D eigenvalue weighted by Crippen LogP contribution is 2.53. The van der Waals surface area contributed by atoms with Crippen LogP contribution in [0.5, 0.6) is 0 Å². The summed E-state index contributed by atoms with van der Waals surface area (Å²) in [5, 5.41) is 9.26. The van der Waals surface area contributed by atoms with Crippen LogP contribution in [-0.4, -0.2) is 19.3 Å². The Morgan fingerprint density at radius 2 is 1.90 bits per heavy atom. The number of halogens is 1. The van der Waals surface area contributed by atoms with E-state index in [4.69, 9.17) is 0 Å². The van der Waals surface area contributed by atoms with E-state index in [-0.39, 0.29) is 4.75 Å². The second-order valence-electron chi connectivity index (χ2n) is 6.82. The van der Waals surface area contributed by atoms with Crippen molar-refractivity contribution >= 4 is 27.3 Å². The molecule has 1 saturated carbocycles. The molecule has 21 heavy (non-hydrogen) atoms. The highest BCUT2D eigenvalue weighted by Gasteiger charge is 2.58. The third-order valence-corrected chi connectivity index (χ3v) is 5.64. The van der Waals surface area contributed by atoms with Gasteiger partial charge in [-0.1, -0.05) is 0 Å². The predicted octanol–water partition coefficient (Wildman–Crippen LogP) is 2.81. The summed E-state index contributed by atoms with van der Waals surface area (Å²) in [6, 6.07) is 2.32. The number of hydrogen-bond donors (Lipinski definition) is 1. The lowest BCUT2D eigenvalue weighted by molar-refractivity contribution is 0.0725. The first kappa shape index (κ1) is 16.7. The number of rotatable bonds is 3. The molecule has 0 amide bonds. The van der Waals surface area contributed by atoms with Crippen LogP contribution in [0.25, 0.3) is 0 Å². The van der Waals surface area contributed by atoms with Gasteiger partial charge in [0.05, 0.1) is 16.0 Å². The summed E-state index contributed by atoms with van der Waals surface area (Å²) in [6.07, 6.45) is 4.46. The Morgan fingerprint density at radius 1 is 1.38 bits per heavy atom. The van der Waals surface area contributed by atoms with E-state index in [2.05, 4.69) is 36.7 Å². The summed E-state index contributed by atoms with van der Waals surface area (Å²) in [4.78, 5) is 8.69. The molecule has 0 unspecified atom stereocenters. The highest BCUT2D eigenvalue weighted by molar-refractivity contribution is 9.10. The van der Waals surface area contributed by atoms with E-state index in [0.717, 1.165) is 4.47 Å². The number of nitriles is 1. The summed E-state index contributed by atoms with van der Waals surface area (Å²) in [5.74, 6) is 0.594. The van der Waals surface area contributed by atoms with Crippen molar-refractivity contribution in [2.24, 2.45) is 5.41 Å². The largest absolute Gasteiger partial charge is 0.598 e. The van der Waals surface area contributed by atoms with Crippen LogP contribution in [0, 0.1) is 16.7 Å². The lowest BCUT2D eigenvalue weighted by Crippen LogP contribution is -2.61. The van der Waals surface area contributed by atoms with Crippen molar-refractivity contribution in [1.29, 1.82) is 5.26 Å². The number of aromatic nitrogens is 2. The van der Waals surface area contributed by atoms with Gasteiger partial charge in [0.25, 0.3) is 0 Å². The Labute approximate surface area is 137 Å². The molecular formula is C14H19BrN4OS. The minimum atomic E-state index is -1.25. The molecule has 0 saturated heterocycles. The Hall–Kier alpha value is -0.680. The van der Waals surface area contributed by atoms with Crippen LogP contribution >= 0.6 is 15.9 Å². The topological polar surface area (TPSA) is 84.7 Å². The molecule has 7 heteroatoms. The summed E-state index contributed by atoms with van der Waals surface area (Å²) in [7, 11) is 0. The molecule has 114 valence electrons. The highest BCUT2D eigenvalue weighted by atomic mass is 79.9. The SMILES string of the molecule is CC1(C#N)CC(N[S@@+]([O-])C(C)(C)C)(c2ncc(Br)cn2)C1. The van der Waals surface area contributed by atoms with Gasteiger partial charge in [-0.15, -0.1) is 4.72 Å². The monoisotopic (exact) mass is 370 g/mol. The van der Waals surface area contributed by atoms with Gasteiger partial charge in [-0.25, -0.2) is 9.97 Å². The van der Waals surface area contributed by atoms with Crippen molar-refractivity contribution in [2.45, 2.75) is 50.8 Å². The molecule has 1 aliphatic rings. The van der Waals surface area contributed by atoms with E-state index in [9.17, 15) is 9.81 Å². The average molecular weight is 371 g/mol. The van der Waals surface area contributed by atoms with Crippen molar-refractivity contribution in [1.82, 2.24) is 14.7 Å². The quantitative estimate of drug-likeness (QED) is 0.826. The Morgan fingerprint density at radius 3 is 2.33 bits per heavy atom. The molecule has 0 radical (unpaired) electrons. The standard InChI is InChI=1S/C14H19BrN4OS/c1-12(2,3)21(20)19-14(7-13(4,8-14)9-16)11-17-5-10(15)6-18-11/h5-6,19H,7-8H2,1-4H3/t13?,14?,21-/m0/s1. The zero-order valence-corrected chi connectivity index (χ0v) is 15.0. The summed E-state index contributed by atoms with van der Waals surface area (Å²) in [6.45, 7) is 7.64. The first-order valence-corrected chi connectivity index (χ1v) is 8.64. The van der Waals surface area contributed by atoms with Gasteiger partial charge in [0.2, 0.25) is 0 Å². The van der Waals surface area contributed by atoms with Crippen LogP contribution < -0.4 is 4.72 Å². The molecule has 1 atom stereocenters. The molecular weight excluding hydrogens is 352 g/mol. The van der Waals surface area contributed by atoms with E-state index < -0.39 is 22.3 Å². The smallest absolute Gasteiger partial charge is 0.152 e. The van der Waals surface area contributed by atoms with Gasteiger partial charge in [-0.05, 0) is 56.5 Å². The van der Waals surface area contributed by atoms with Crippen LogP contribution in [0.2, 0.25) is 0 Å². The fourth-order valence-corrected chi connectivity index (χ4v) is 3.63. The Bertz CT molecular complexity index is 558. The number of nitrogens with zero attached hydrogens (tertiary/aromatic N) is 3. The van der Waals surface area contributed by atoms with Gasteiger partial charge in [0.1, 0.15) is 10.3 Å². The molecule has 1 aromatic heterocycles. The van der Waals surface area contributed by atoms with E-state index in [1.54, 1.807) is 12.4 Å². The fourth-order valence-electron chi connectivity index (χ4n) is 2.53. The van der Waals surface area contributed by atoms with E-state index in [0.29, 0.717) is 18.7 Å². The van der Waals surface area contributed by atoms with E-state index in [1.165, 1.54) is 0 Å². The molecule has 1 aromatic rings. The number of hydrogen-bond acceptors (Lipinski definition) is 5. The van der Waals surface area contributed by atoms with Gasteiger partial charge in [0, 0.05) is 23.8 Å². The first-order valence-electron chi connectivity index (χ1n) is 6.69. The minimum absolute atomic E-state index is 0.388. The summed E-state index contributed by atoms with van der Waals surface area (Å²) in [5.41, 5.74) is -1.02. The van der Waals surface area contributed by atoms with Crippen molar-refractivity contribution in [3.63, 3.8) is 0 Å². The van der Waals surface area contributed by atoms with Crippen LogP contribution in [0.15, 0.2) is 16.9 Å².